The number of hydrogen-bond acceptors (Lipinski definition) is 4. The number of anilines is 1. The number of pyridine rings is 1. The minimum atomic E-state index is -4.23. The second-order valence-corrected chi connectivity index (χ2v) is 5.36. The molecule has 0 aliphatic heterocycles. The maximum absolute atomic E-state index is 12.7. The van der Waals surface area contributed by atoms with Crippen molar-refractivity contribution >= 4 is 11.6 Å². The van der Waals surface area contributed by atoms with E-state index in [0.717, 1.165) is 6.54 Å². The standard InChI is InChI=1S/C14H17F4N3O2/c15-13(16)14(17,18)8-23-12-4-3-10(6-20-12)21-11(22)7-19-5-9-1-2-9/h3-4,6,9,13,19H,1-2,5,7-8H2,(H,21,22). The Balaban J connectivity index is 1.73. The van der Waals surface area contributed by atoms with E-state index in [4.69, 9.17) is 0 Å². The molecule has 0 saturated heterocycles. The van der Waals surface area contributed by atoms with Gasteiger partial charge in [0.25, 0.3) is 0 Å². The van der Waals surface area contributed by atoms with Gasteiger partial charge in [-0.05, 0) is 31.4 Å². The predicted octanol–water partition coefficient (Wildman–Crippen LogP) is 2.30. The Bertz CT molecular complexity index is 521. The van der Waals surface area contributed by atoms with Crippen molar-refractivity contribution in [3.8, 4) is 5.88 Å². The van der Waals surface area contributed by atoms with E-state index in [1.54, 1.807) is 0 Å². The van der Waals surface area contributed by atoms with Crippen LogP contribution in [0.5, 0.6) is 5.88 Å². The third kappa shape index (κ3) is 6.01. The molecule has 1 saturated carbocycles. The lowest BCUT2D eigenvalue weighted by molar-refractivity contribution is -0.148. The van der Waals surface area contributed by atoms with Crippen molar-refractivity contribution in [3.63, 3.8) is 0 Å². The van der Waals surface area contributed by atoms with E-state index >= 15 is 0 Å². The molecule has 1 aromatic rings. The third-order valence-electron chi connectivity index (χ3n) is 3.17. The Hall–Kier alpha value is -1.90. The van der Waals surface area contributed by atoms with E-state index < -0.39 is 19.0 Å². The van der Waals surface area contributed by atoms with Crippen LogP contribution in [0.1, 0.15) is 12.8 Å². The van der Waals surface area contributed by atoms with Crippen molar-refractivity contribution in [1.29, 1.82) is 0 Å². The monoisotopic (exact) mass is 335 g/mol. The fourth-order valence-corrected chi connectivity index (χ4v) is 1.69. The normalized spacial score (nSPS) is 14.8. The van der Waals surface area contributed by atoms with E-state index in [1.807, 2.05) is 0 Å². The molecule has 23 heavy (non-hydrogen) atoms. The first-order valence-electron chi connectivity index (χ1n) is 7.12. The first-order chi connectivity index (χ1) is 10.9. The molecule has 1 aliphatic rings. The van der Waals surface area contributed by atoms with Crippen molar-refractivity contribution in [2.24, 2.45) is 5.92 Å². The van der Waals surface area contributed by atoms with Gasteiger partial charge in [0.15, 0.2) is 6.61 Å². The van der Waals surface area contributed by atoms with Crippen LogP contribution in [0.2, 0.25) is 0 Å². The first kappa shape index (κ1) is 17.5. The largest absolute Gasteiger partial charge is 0.471 e. The summed E-state index contributed by atoms with van der Waals surface area (Å²) in [6, 6.07) is 2.61. The summed E-state index contributed by atoms with van der Waals surface area (Å²) in [5, 5.41) is 5.58. The summed E-state index contributed by atoms with van der Waals surface area (Å²) in [5.41, 5.74) is 0.358. The van der Waals surface area contributed by atoms with Crippen LogP contribution in [0.15, 0.2) is 18.3 Å². The molecule has 9 heteroatoms. The van der Waals surface area contributed by atoms with E-state index in [9.17, 15) is 22.4 Å². The fourth-order valence-electron chi connectivity index (χ4n) is 1.69. The van der Waals surface area contributed by atoms with Gasteiger partial charge >= 0.3 is 12.3 Å². The van der Waals surface area contributed by atoms with Crippen LogP contribution >= 0.6 is 0 Å². The van der Waals surface area contributed by atoms with E-state index in [0.29, 0.717) is 11.6 Å². The van der Waals surface area contributed by atoms with E-state index in [-0.39, 0.29) is 18.3 Å². The molecule has 0 aromatic carbocycles. The number of halogens is 4. The number of carbonyl (C=O) groups excluding carboxylic acids is 1. The van der Waals surface area contributed by atoms with Crippen molar-refractivity contribution in [1.82, 2.24) is 10.3 Å². The van der Waals surface area contributed by atoms with Crippen LogP contribution in [-0.2, 0) is 4.79 Å². The molecular formula is C14H17F4N3O2. The average Bonchev–Trinajstić information content (AvgIpc) is 3.30. The van der Waals surface area contributed by atoms with Crippen LogP contribution < -0.4 is 15.4 Å². The number of nitrogens with zero attached hydrogens (tertiary/aromatic N) is 1. The van der Waals surface area contributed by atoms with Gasteiger partial charge in [-0.15, -0.1) is 0 Å². The van der Waals surface area contributed by atoms with Gasteiger partial charge in [0.1, 0.15) is 0 Å². The van der Waals surface area contributed by atoms with E-state index in [2.05, 4.69) is 20.4 Å². The Morgan fingerprint density at radius 3 is 2.70 bits per heavy atom. The summed E-state index contributed by atoms with van der Waals surface area (Å²) >= 11 is 0. The van der Waals surface area contributed by atoms with Gasteiger partial charge in [-0.2, -0.15) is 8.78 Å². The fraction of sp³-hybridized carbons (Fsp3) is 0.571. The molecule has 1 aromatic heterocycles. The Kier molecular flexibility index (Phi) is 5.75. The first-order valence-corrected chi connectivity index (χ1v) is 7.12. The lowest BCUT2D eigenvalue weighted by atomic mass is 10.3. The molecule has 1 heterocycles. The highest BCUT2D eigenvalue weighted by molar-refractivity contribution is 5.92. The lowest BCUT2D eigenvalue weighted by Gasteiger charge is -2.15. The number of amides is 1. The maximum atomic E-state index is 12.7. The molecule has 1 amide bonds. The van der Waals surface area contributed by atoms with Gasteiger partial charge in [0.2, 0.25) is 11.8 Å². The highest BCUT2D eigenvalue weighted by Gasteiger charge is 2.41. The van der Waals surface area contributed by atoms with Crippen LogP contribution in [-0.4, -0.2) is 42.9 Å². The molecule has 128 valence electrons. The Labute approximate surface area is 130 Å². The molecule has 0 radical (unpaired) electrons. The molecule has 5 nitrogen and oxygen atoms in total. The predicted molar refractivity (Wildman–Crippen MR) is 74.9 cm³/mol. The second-order valence-electron chi connectivity index (χ2n) is 5.36. The van der Waals surface area contributed by atoms with Gasteiger partial charge in [-0.25, -0.2) is 13.8 Å². The number of nitrogens with one attached hydrogen (secondary N) is 2. The quantitative estimate of drug-likeness (QED) is 0.680. The summed E-state index contributed by atoms with van der Waals surface area (Å²) in [4.78, 5) is 15.3. The summed E-state index contributed by atoms with van der Waals surface area (Å²) in [6.45, 7) is -0.499. The van der Waals surface area contributed by atoms with Crippen molar-refractivity contribution in [2.45, 2.75) is 25.2 Å². The minimum Gasteiger partial charge on any atom is -0.471 e. The molecule has 0 atom stereocenters. The number of hydrogen-bond donors (Lipinski definition) is 2. The smallest absolute Gasteiger partial charge is 0.340 e. The number of alkyl halides is 4. The topological polar surface area (TPSA) is 63.2 Å². The highest BCUT2D eigenvalue weighted by Crippen LogP contribution is 2.27. The third-order valence-corrected chi connectivity index (χ3v) is 3.17. The zero-order chi connectivity index (χ0) is 16.9. The van der Waals surface area contributed by atoms with Crippen molar-refractivity contribution in [2.75, 3.05) is 25.0 Å². The second kappa shape index (κ2) is 7.58. The summed E-state index contributed by atoms with van der Waals surface area (Å²) < 4.78 is 53.9. The Morgan fingerprint density at radius 2 is 2.13 bits per heavy atom. The molecule has 0 unspecified atom stereocenters. The van der Waals surface area contributed by atoms with Crippen LogP contribution in [0.25, 0.3) is 0 Å². The van der Waals surface area contributed by atoms with Crippen LogP contribution in [0.4, 0.5) is 23.2 Å². The van der Waals surface area contributed by atoms with Crippen LogP contribution in [0, 0.1) is 5.92 Å². The number of aromatic nitrogens is 1. The SMILES string of the molecule is O=C(CNCC1CC1)Nc1ccc(OCC(F)(F)C(F)F)nc1. The number of rotatable bonds is 9. The summed E-state index contributed by atoms with van der Waals surface area (Å²) in [6.07, 6.45) is -0.228. The zero-order valence-corrected chi connectivity index (χ0v) is 12.2. The van der Waals surface area contributed by atoms with Crippen molar-refractivity contribution in [3.05, 3.63) is 18.3 Å². The summed E-state index contributed by atoms with van der Waals surface area (Å²) in [5.74, 6) is -4.06. The average molecular weight is 335 g/mol. The minimum absolute atomic E-state index is 0.162. The van der Waals surface area contributed by atoms with Crippen LogP contribution in [0.3, 0.4) is 0 Å². The van der Waals surface area contributed by atoms with Gasteiger partial charge < -0.3 is 15.4 Å². The Morgan fingerprint density at radius 1 is 1.39 bits per heavy atom. The van der Waals surface area contributed by atoms with Gasteiger partial charge in [-0.3, -0.25) is 4.79 Å². The lowest BCUT2D eigenvalue weighted by Crippen LogP contribution is -2.33. The number of carbonyl (C=O) groups is 1. The van der Waals surface area contributed by atoms with Gasteiger partial charge in [0, 0.05) is 6.07 Å². The molecule has 0 spiro atoms. The molecular weight excluding hydrogens is 318 g/mol. The van der Waals surface area contributed by atoms with Crippen molar-refractivity contribution < 1.29 is 27.1 Å². The molecule has 1 aliphatic carbocycles. The molecule has 0 bridgehead atoms. The molecule has 2 rings (SSSR count). The van der Waals surface area contributed by atoms with E-state index in [1.165, 1.54) is 31.2 Å². The summed E-state index contributed by atoms with van der Waals surface area (Å²) in [7, 11) is 0. The molecule has 2 N–H and O–H groups in total. The van der Waals surface area contributed by atoms with Gasteiger partial charge in [-0.1, -0.05) is 0 Å². The highest BCUT2D eigenvalue weighted by atomic mass is 19.3. The maximum Gasteiger partial charge on any atom is 0.340 e. The van der Waals surface area contributed by atoms with Gasteiger partial charge in [0.05, 0.1) is 18.4 Å². The number of ether oxygens (including phenoxy) is 1. The zero-order valence-electron chi connectivity index (χ0n) is 12.2. The molecule has 1 fully saturated rings.